The molecule has 12 atom stereocenters. The molecule has 7 nitrogen and oxygen atoms in total. The van der Waals surface area contributed by atoms with Crippen LogP contribution in [0.2, 0.25) is 0 Å². The van der Waals surface area contributed by atoms with Gasteiger partial charge in [0.15, 0.2) is 0 Å². The standard InChI is InChI=1S/C55H79N7/c1-5-41(47-20-13-22-51(59-47)49-18-7-10-35-57-49)25-24-40(4)53-37-54(44-28-26-42(27-29-44)38(2)15-12-16-39(3)46-17-6-9-34-56-46)62-55(61-53)45-32-30-43(31-33-45)48-21-14-23-52(60-48)50-19-8-11-36-58-50/h7,10,13,19-20,24-26,28,30,32,34,36-39,41-42,44,46-47,49,51-53,55,57,59,61-62H,4-6,8-9,11-12,14-18,21-23,27,29,31,33,35H2,1-3H3/b25-24-/t38?,39?,41?,42?,44?,46?,47-,49?,51?,52?,53?,55-/m1/s1. The molecule has 0 fully saturated rings. The molecule has 0 amide bonds. The lowest BCUT2D eigenvalue weighted by molar-refractivity contribution is 0.311. The maximum Gasteiger partial charge on any atom is 0.0999 e. The van der Waals surface area contributed by atoms with Crippen molar-refractivity contribution in [1.29, 1.82) is 0 Å². The van der Waals surface area contributed by atoms with Gasteiger partial charge in [-0.1, -0.05) is 107 Å². The highest BCUT2D eigenvalue weighted by Gasteiger charge is 2.32. The first kappa shape index (κ1) is 44.9. The zero-order valence-electron chi connectivity index (χ0n) is 38.5. The summed E-state index contributed by atoms with van der Waals surface area (Å²) in [6.07, 6.45) is 54.1. The highest BCUT2D eigenvalue weighted by Crippen LogP contribution is 2.36. The van der Waals surface area contributed by atoms with Crippen molar-refractivity contribution in [2.75, 3.05) is 6.54 Å². The number of rotatable bonds is 16. The van der Waals surface area contributed by atoms with E-state index in [-0.39, 0.29) is 18.2 Å². The third kappa shape index (κ3) is 11.7. The van der Waals surface area contributed by atoms with E-state index in [2.05, 4.69) is 127 Å². The molecule has 62 heavy (non-hydrogen) atoms. The van der Waals surface area contributed by atoms with Crippen LogP contribution in [0.5, 0.6) is 0 Å². The van der Waals surface area contributed by atoms with Crippen LogP contribution in [0, 0.1) is 29.6 Å². The van der Waals surface area contributed by atoms with Gasteiger partial charge >= 0.3 is 0 Å². The fraction of sp³-hybridized carbons (Fsp3) is 0.618. The molecule has 6 aliphatic heterocycles. The Bertz CT molecular complexity index is 1880. The summed E-state index contributed by atoms with van der Waals surface area (Å²) in [5, 5.41) is 15.8. The minimum Gasteiger partial charge on any atom is -0.369 e. The monoisotopic (exact) mass is 838 g/mol. The molecule has 0 aromatic carbocycles. The number of aliphatic imine (C=N–C) groups is 3. The van der Waals surface area contributed by atoms with Crippen molar-refractivity contribution in [2.24, 2.45) is 44.6 Å². The van der Waals surface area contributed by atoms with Gasteiger partial charge in [-0.3, -0.25) is 20.3 Å². The highest BCUT2D eigenvalue weighted by atomic mass is 15.2. The lowest BCUT2D eigenvalue weighted by atomic mass is 9.77. The fourth-order valence-electron chi connectivity index (χ4n) is 11.4. The van der Waals surface area contributed by atoms with Crippen LogP contribution in [-0.2, 0) is 0 Å². The summed E-state index contributed by atoms with van der Waals surface area (Å²) in [6, 6.07) is 2.11. The second-order valence-electron chi connectivity index (χ2n) is 19.9. The van der Waals surface area contributed by atoms with Crippen molar-refractivity contribution in [2.45, 2.75) is 179 Å². The Morgan fingerprint density at radius 3 is 2.53 bits per heavy atom. The first-order valence-corrected chi connectivity index (χ1v) is 25.2. The van der Waals surface area contributed by atoms with Crippen LogP contribution >= 0.6 is 0 Å². The lowest BCUT2D eigenvalue weighted by Gasteiger charge is -2.38. The van der Waals surface area contributed by atoms with Gasteiger partial charge in [0.05, 0.1) is 30.0 Å². The van der Waals surface area contributed by atoms with Gasteiger partial charge in [0.2, 0.25) is 0 Å². The molecule has 7 heteroatoms. The third-order valence-electron chi connectivity index (χ3n) is 15.6. The Morgan fingerprint density at radius 1 is 0.871 bits per heavy atom. The van der Waals surface area contributed by atoms with E-state index < -0.39 is 0 Å². The quantitative estimate of drug-likeness (QED) is 0.0921. The molecule has 334 valence electrons. The molecule has 8 rings (SSSR count). The van der Waals surface area contributed by atoms with E-state index in [0.717, 1.165) is 69.9 Å². The Morgan fingerprint density at radius 2 is 1.77 bits per heavy atom. The van der Waals surface area contributed by atoms with Gasteiger partial charge in [0.1, 0.15) is 0 Å². The van der Waals surface area contributed by atoms with Crippen LogP contribution in [0.3, 0.4) is 0 Å². The zero-order valence-corrected chi connectivity index (χ0v) is 38.5. The highest BCUT2D eigenvalue weighted by molar-refractivity contribution is 6.01. The Labute approximate surface area is 375 Å². The Hall–Kier alpha value is -3.65. The summed E-state index contributed by atoms with van der Waals surface area (Å²) in [5.74, 6) is 2.87. The molecule has 8 aliphatic rings. The fourth-order valence-corrected chi connectivity index (χ4v) is 11.4. The molecule has 10 unspecified atom stereocenters. The summed E-state index contributed by atoms with van der Waals surface area (Å²) in [6.45, 7) is 13.0. The number of allylic oxidation sites excluding steroid dienone is 6. The zero-order chi connectivity index (χ0) is 42.7. The molecule has 2 aliphatic carbocycles. The van der Waals surface area contributed by atoms with Gasteiger partial charge in [-0.2, -0.15) is 0 Å². The molecule has 0 spiro atoms. The topological polar surface area (TPSA) is 85.2 Å². The normalized spacial score (nSPS) is 34.0. The van der Waals surface area contributed by atoms with Gasteiger partial charge in [-0.25, -0.2) is 0 Å². The predicted molar refractivity (Wildman–Crippen MR) is 264 cm³/mol. The van der Waals surface area contributed by atoms with Crippen LogP contribution in [-0.4, -0.2) is 67.1 Å². The Kier molecular flexibility index (Phi) is 16.2. The minimum atomic E-state index is 0.0606. The summed E-state index contributed by atoms with van der Waals surface area (Å²) in [7, 11) is 0. The van der Waals surface area contributed by atoms with Crippen molar-refractivity contribution in [3.05, 3.63) is 108 Å². The summed E-state index contributed by atoms with van der Waals surface area (Å²) < 4.78 is 0. The number of hydrogen-bond acceptors (Lipinski definition) is 7. The number of nitrogens with one attached hydrogen (secondary N) is 4. The SMILES string of the molecule is C=C(/C=C\C(CC)[C@H]1C=CCC(C2CC=CCN2)N1)C1C=C(C2C=CC(C(C)CCCC(C)C3CCCC=N3)CC2)N[C@H](C2=CC=C(C3=NC(C4=CCCC=N4)CCC3)CC2)N1. The largest absolute Gasteiger partial charge is 0.369 e. The average molecular weight is 838 g/mol. The van der Waals surface area contributed by atoms with Gasteiger partial charge in [-0.15, -0.1) is 0 Å². The summed E-state index contributed by atoms with van der Waals surface area (Å²) in [4.78, 5) is 14.9. The van der Waals surface area contributed by atoms with Crippen LogP contribution in [0.25, 0.3) is 0 Å². The van der Waals surface area contributed by atoms with Crippen LogP contribution in [0.4, 0.5) is 0 Å². The van der Waals surface area contributed by atoms with Crippen LogP contribution in [0.15, 0.2) is 123 Å². The Balaban J connectivity index is 0.948. The van der Waals surface area contributed by atoms with Crippen molar-refractivity contribution in [1.82, 2.24) is 21.3 Å². The van der Waals surface area contributed by atoms with Gasteiger partial charge in [0, 0.05) is 48.2 Å². The van der Waals surface area contributed by atoms with Crippen molar-refractivity contribution in [3.8, 4) is 0 Å². The number of nitrogens with zero attached hydrogens (tertiary/aromatic N) is 3. The molecule has 0 aromatic heterocycles. The van der Waals surface area contributed by atoms with E-state index in [1.165, 1.54) is 86.0 Å². The molecular formula is C55H79N7. The second kappa shape index (κ2) is 22.3. The number of hydrogen-bond donors (Lipinski definition) is 4. The van der Waals surface area contributed by atoms with E-state index in [4.69, 9.17) is 21.6 Å². The lowest BCUT2D eigenvalue weighted by Crippen LogP contribution is -2.54. The van der Waals surface area contributed by atoms with Crippen molar-refractivity contribution < 1.29 is 0 Å². The second-order valence-corrected chi connectivity index (χ2v) is 19.9. The van der Waals surface area contributed by atoms with E-state index in [9.17, 15) is 0 Å². The molecule has 0 saturated heterocycles. The predicted octanol–water partition coefficient (Wildman–Crippen LogP) is 11.1. The maximum atomic E-state index is 5.29. The van der Waals surface area contributed by atoms with E-state index in [0.29, 0.717) is 53.8 Å². The van der Waals surface area contributed by atoms with Crippen LogP contribution < -0.4 is 21.3 Å². The molecule has 0 radical (unpaired) electrons. The van der Waals surface area contributed by atoms with Crippen molar-refractivity contribution in [3.63, 3.8) is 0 Å². The molecule has 6 heterocycles. The van der Waals surface area contributed by atoms with Gasteiger partial charge in [-0.05, 0) is 155 Å². The smallest absolute Gasteiger partial charge is 0.0999 e. The molecule has 0 bridgehead atoms. The van der Waals surface area contributed by atoms with Gasteiger partial charge in [0.25, 0.3) is 0 Å². The minimum absolute atomic E-state index is 0.0606. The summed E-state index contributed by atoms with van der Waals surface area (Å²) >= 11 is 0. The van der Waals surface area contributed by atoms with Crippen molar-refractivity contribution >= 4 is 18.1 Å². The molecule has 0 aromatic rings. The first-order valence-electron chi connectivity index (χ1n) is 25.2. The van der Waals surface area contributed by atoms with E-state index >= 15 is 0 Å². The van der Waals surface area contributed by atoms with E-state index in [1.54, 1.807) is 0 Å². The average Bonchev–Trinajstić information content (AvgIpc) is 3.35. The van der Waals surface area contributed by atoms with E-state index in [1.807, 2.05) is 0 Å². The third-order valence-corrected chi connectivity index (χ3v) is 15.6. The molecule has 4 N–H and O–H groups in total. The van der Waals surface area contributed by atoms with Gasteiger partial charge < -0.3 is 16.0 Å². The van der Waals surface area contributed by atoms with Crippen LogP contribution in [0.1, 0.15) is 136 Å². The molecular weight excluding hydrogens is 759 g/mol. The molecule has 0 saturated carbocycles. The maximum absolute atomic E-state index is 5.29. The summed E-state index contributed by atoms with van der Waals surface area (Å²) in [5.41, 5.74) is 7.81. The first-order chi connectivity index (χ1) is 30.4.